The maximum absolute atomic E-state index is 13.4. The summed E-state index contributed by atoms with van der Waals surface area (Å²) in [5.41, 5.74) is 1.65. The number of methoxy groups -OCH3 is 3. The van der Waals surface area contributed by atoms with Gasteiger partial charge in [0.1, 0.15) is 4.83 Å². The summed E-state index contributed by atoms with van der Waals surface area (Å²) in [5.74, 6) is 1.16. The first-order valence-corrected chi connectivity index (χ1v) is 12.3. The molecular formula is C23H26N2O5S2. The van der Waals surface area contributed by atoms with E-state index in [1.165, 1.54) is 23.7 Å². The molecule has 2 heterocycles. The number of carbonyl (C=O) groups excluding carboxylic acids is 1. The van der Waals surface area contributed by atoms with Crippen LogP contribution in [0.1, 0.15) is 33.6 Å². The van der Waals surface area contributed by atoms with E-state index in [0.717, 1.165) is 41.5 Å². The van der Waals surface area contributed by atoms with Crippen molar-refractivity contribution in [2.45, 2.75) is 37.4 Å². The fourth-order valence-corrected chi connectivity index (χ4v) is 6.16. The van der Waals surface area contributed by atoms with Crippen LogP contribution in [0.4, 0.5) is 0 Å². The first kappa shape index (κ1) is 22.8. The molecule has 170 valence electrons. The highest BCUT2D eigenvalue weighted by Crippen LogP contribution is 2.35. The van der Waals surface area contributed by atoms with Gasteiger partial charge < -0.3 is 14.2 Å². The molecule has 7 nitrogen and oxygen atoms in total. The van der Waals surface area contributed by atoms with Gasteiger partial charge in [-0.15, -0.1) is 11.3 Å². The Balaban J connectivity index is 1.64. The van der Waals surface area contributed by atoms with Crippen LogP contribution in [-0.2, 0) is 24.1 Å². The number of nitrogens with zero attached hydrogens (tertiary/aromatic N) is 2. The number of fused-ring (bicyclic) bond motifs is 3. The Kier molecular flexibility index (Phi) is 7.17. The minimum Gasteiger partial charge on any atom is -0.493 e. The Bertz CT molecular complexity index is 1200. The summed E-state index contributed by atoms with van der Waals surface area (Å²) in [6, 6.07) is 5.10. The molecule has 0 atom stereocenters. The summed E-state index contributed by atoms with van der Waals surface area (Å²) in [6.07, 6.45) is 4.20. The molecule has 9 heteroatoms. The number of aromatic nitrogens is 2. The lowest BCUT2D eigenvalue weighted by molar-refractivity contribution is 0.102. The zero-order valence-corrected chi connectivity index (χ0v) is 20.1. The van der Waals surface area contributed by atoms with E-state index in [1.807, 2.05) is 0 Å². The van der Waals surface area contributed by atoms with Crippen LogP contribution in [0, 0.1) is 0 Å². The number of hydrogen-bond donors (Lipinski definition) is 0. The Hall–Kier alpha value is -2.36. The molecule has 1 aliphatic carbocycles. The maximum atomic E-state index is 13.4. The maximum Gasteiger partial charge on any atom is 0.263 e. The van der Waals surface area contributed by atoms with Gasteiger partial charge in [-0.1, -0.05) is 11.8 Å². The molecule has 0 saturated heterocycles. The molecule has 0 unspecified atom stereocenters. The molecule has 1 aromatic carbocycles. The van der Waals surface area contributed by atoms with Crippen molar-refractivity contribution in [3.05, 3.63) is 44.6 Å². The zero-order valence-electron chi connectivity index (χ0n) is 18.4. The molecule has 4 rings (SSSR count). The molecule has 0 bridgehead atoms. The van der Waals surface area contributed by atoms with Gasteiger partial charge in [0.15, 0.2) is 22.4 Å². The van der Waals surface area contributed by atoms with Gasteiger partial charge in [-0.05, 0) is 49.4 Å². The fraction of sp³-hybridized carbons (Fsp3) is 0.435. The van der Waals surface area contributed by atoms with Crippen LogP contribution >= 0.6 is 23.1 Å². The standard InChI is InChI=1S/C23H26N2O5S2/c1-28-11-10-25-22(27)20-15-6-4-5-7-19(15)32-21(20)24-23(25)31-13-16(26)14-8-9-17(29-2)18(12-14)30-3/h8-9,12H,4-7,10-11,13H2,1-3H3. The van der Waals surface area contributed by atoms with Crippen LogP contribution < -0.4 is 15.0 Å². The van der Waals surface area contributed by atoms with Crippen LogP contribution in [-0.4, -0.2) is 49.0 Å². The van der Waals surface area contributed by atoms with Crippen molar-refractivity contribution in [2.75, 3.05) is 33.7 Å². The minimum absolute atomic E-state index is 0.0347. The Labute approximate surface area is 194 Å². The SMILES string of the molecule is COCCn1c(SCC(=O)c2ccc(OC)c(OC)c2)nc2sc3c(c2c1=O)CCCC3. The van der Waals surface area contributed by atoms with Gasteiger partial charge >= 0.3 is 0 Å². The summed E-state index contributed by atoms with van der Waals surface area (Å²) in [7, 11) is 4.70. The van der Waals surface area contributed by atoms with Gasteiger partial charge in [0.05, 0.1) is 38.5 Å². The number of Topliss-reactive ketones (excluding diaryl/α,β-unsaturated/α-hetero) is 1. The summed E-state index contributed by atoms with van der Waals surface area (Å²) < 4.78 is 17.4. The summed E-state index contributed by atoms with van der Waals surface area (Å²) in [6.45, 7) is 0.798. The first-order chi connectivity index (χ1) is 15.6. The van der Waals surface area contributed by atoms with Crippen LogP contribution in [0.25, 0.3) is 10.2 Å². The third-order valence-electron chi connectivity index (χ3n) is 5.60. The number of aryl methyl sites for hydroxylation is 2. The first-order valence-electron chi connectivity index (χ1n) is 10.5. The number of carbonyl (C=O) groups is 1. The number of thiophene rings is 1. The molecular weight excluding hydrogens is 448 g/mol. The second-order valence-electron chi connectivity index (χ2n) is 7.52. The van der Waals surface area contributed by atoms with Gasteiger partial charge in [-0.25, -0.2) is 4.98 Å². The Morgan fingerprint density at radius 1 is 1.16 bits per heavy atom. The largest absolute Gasteiger partial charge is 0.493 e. The normalized spacial score (nSPS) is 13.2. The smallest absolute Gasteiger partial charge is 0.263 e. The van der Waals surface area contributed by atoms with Crippen LogP contribution in [0.15, 0.2) is 28.2 Å². The number of ketones is 1. The average molecular weight is 475 g/mol. The van der Waals surface area contributed by atoms with E-state index >= 15 is 0 Å². The van der Waals surface area contributed by atoms with Gasteiger partial charge in [0.25, 0.3) is 5.56 Å². The van der Waals surface area contributed by atoms with Crippen molar-refractivity contribution in [1.29, 1.82) is 0 Å². The second kappa shape index (κ2) is 10.1. The van der Waals surface area contributed by atoms with E-state index in [-0.39, 0.29) is 17.1 Å². The molecule has 2 aromatic heterocycles. The van der Waals surface area contributed by atoms with Gasteiger partial charge in [0, 0.05) is 17.6 Å². The molecule has 0 saturated carbocycles. The molecule has 0 spiro atoms. The highest BCUT2D eigenvalue weighted by molar-refractivity contribution is 7.99. The lowest BCUT2D eigenvalue weighted by Gasteiger charge is -2.13. The summed E-state index contributed by atoms with van der Waals surface area (Å²) in [5, 5.41) is 1.29. The fourth-order valence-electron chi connectivity index (χ4n) is 3.93. The number of ether oxygens (including phenoxy) is 3. The molecule has 0 fully saturated rings. The van der Waals surface area contributed by atoms with Crippen molar-refractivity contribution >= 4 is 39.1 Å². The van der Waals surface area contributed by atoms with Crippen LogP contribution in [0.3, 0.4) is 0 Å². The van der Waals surface area contributed by atoms with Gasteiger partial charge in [-0.3, -0.25) is 14.2 Å². The van der Waals surface area contributed by atoms with Crippen molar-refractivity contribution in [3.8, 4) is 11.5 Å². The van der Waals surface area contributed by atoms with Crippen molar-refractivity contribution in [3.63, 3.8) is 0 Å². The third kappa shape index (κ3) is 4.42. The third-order valence-corrected chi connectivity index (χ3v) is 7.76. The summed E-state index contributed by atoms with van der Waals surface area (Å²) >= 11 is 2.90. The monoisotopic (exact) mass is 474 g/mol. The Morgan fingerprint density at radius 2 is 1.94 bits per heavy atom. The highest BCUT2D eigenvalue weighted by Gasteiger charge is 2.23. The van der Waals surface area contributed by atoms with Crippen molar-refractivity contribution in [2.24, 2.45) is 0 Å². The predicted molar refractivity (Wildman–Crippen MR) is 127 cm³/mol. The molecule has 1 aliphatic rings. The molecule has 0 radical (unpaired) electrons. The molecule has 0 aliphatic heterocycles. The van der Waals surface area contributed by atoms with Crippen LogP contribution in [0.2, 0.25) is 0 Å². The molecule has 3 aromatic rings. The van der Waals surface area contributed by atoms with Gasteiger partial charge in [-0.2, -0.15) is 0 Å². The van der Waals surface area contributed by atoms with E-state index in [9.17, 15) is 9.59 Å². The zero-order chi connectivity index (χ0) is 22.7. The van der Waals surface area contributed by atoms with Gasteiger partial charge in [0.2, 0.25) is 0 Å². The predicted octanol–water partition coefficient (Wildman–Crippen LogP) is 3.98. The molecule has 32 heavy (non-hydrogen) atoms. The number of rotatable bonds is 9. The average Bonchev–Trinajstić information content (AvgIpc) is 3.20. The van der Waals surface area contributed by atoms with Crippen LogP contribution in [0.5, 0.6) is 11.5 Å². The lowest BCUT2D eigenvalue weighted by Crippen LogP contribution is -2.26. The van der Waals surface area contributed by atoms with E-state index in [4.69, 9.17) is 19.2 Å². The van der Waals surface area contributed by atoms with E-state index < -0.39 is 0 Å². The number of thioether (sulfide) groups is 1. The molecule has 0 N–H and O–H groups in total. The highest BCUT2D eigenvalue weighted by atomic mass is 32.2. The number of benzene rings is 1. The van der Waals surface area contributed by atoms with Crippen molar-refractivity contribution < 1.29 is 19.0 Å². The molecule has 0 amide bonds. The topological polar surface area (TPSA) is 79.7 Å². The van der Waals surface area contributed by atoms with E-state index in [0.29, 0.717) is 35.4 Å². The van der Waals surface area contributed by atoms with E-state index in [1.54, 1.807) is 48.3 Å². The van der Waals surface area contributed by atoms with Crippen molar-refractivity contribution in [1.82, 2.24) is 9.55 Å². The summed E-state index contributed by atoms with van der Waals surface area (Å²) in [4.78, 5) is 33.1. The lowest BCUT2D eigenvalue weighted by atomic mass is 9.97. The van der Waals surface area contributed by atoms with E-state index in [2.05, 4.69) is 0 Å². The number of hydrogen-bond acceptors (Lipinski definition) is 8. The minimum atomic E-state index is -0.0749. The quantitative estimate of drug-likeness (QED) is 0.264. The second-order valence-corrected chi connectivity index (χ2v) is 9.54. The Morgan fingerprint density at radius 3 is 2.69 bits per heavy atom.